The van der Waals surface area contributed by atoms with Crippen molar-refractivity contribution in [1.82, 2.24) is 69.6 Å². The molecule has 3 amide bonds. The van der Waals surface area contributed by atoms with Crippen LogP contribution in [-0.4, -0.2) is 155 Å². The molecule has 0 aliphatic carbocycles. The van der Waals surface area contributed by atoms with Gasteiger partial charge in [0.1, 0.15) is 90.6 Å². The van der Waals surface area contributed by atoms with Crippen LogP contribution in [0.15, 0.2) is 248 Å². The number of benzene rings is 9. The minimum Gasteiger partial charge on any atom is -0.445 e. The van der Waals surface area contributed by atoms with Crippen molar-refractivity contribution in [1.29, 1.82) is 0 Å². The zero-order chi connectivity index (χ0) is 92.1. The lowest BCUT2D eigenvalue weighted by molar-refractivity contribution is 0.0602. The van der Waals surface area contributed by atoms with Crippen LogP contribution in [0.5, 0.6) is 0 Å². The number of hydrogen-bond acceptors (Lipinski definition) is 16. The summed E-state index contributed by atoms with van der Waals surface area (Å²) in [6.45, 7) is 22.2. The van der Waals surface area contributed by atoms with Crippen molar-refractivity contribution in [3.63, 3.8) is 0 Å². The average Bonchev–Trinajstić information content (AvgIpc) is 1.64. The van der Waals surface area contributed by atoms with Crippen LogP contribution < -0.4 is 16.4 Å². The predicted octanol–water partition coefficient (Wildman–Crippen LogP) is 19.4. The Morgan fingerprint density at radius 3 is 1.11 bits per heavy atom. The smallest absolute Gasteiger partial charge is 0.410 e. The van der Waals surface area contributed by atoms with Crippen molar-refractivity contribution in [2.75, 3.05) is 59.5 Å². The van der Waals surface area contributed by atoms with E-state index in [1.807, 2.05) is 230 Å². The lowest BCUT2D eigenvalue weighted by atomic mass is 9.85. The minimum absolute atomic E-state index is 0.0129. The first-order valence-corrected chi connectivity index (χ1v) is 42.6. The van der Waals surface area contributed by atoms with Gasteiger partial charge in [-0.1, -0.05) is 250 Å². The Bertz CT molecular complexity index is 5690. The number of methoxy groups -OCH3 is 1. The Hall–Kier alpha value is -12.8. The Morgan fingerprint density at radius 2 is 0.752 bits per heavy atom. The zero-order valence-corrected chi connectivity index (χ0v) is 73.9. The fourth-order valence-corrected chi connectivity index (χ4v) is 14.7. The van der Waals surface area contributed by atoms with Crippen molar-refractivity contribution >= 4 is 18.3 Å². The molecule has 30 heteroatoms. The molecule has 0 spiro atoms. The normalized spacial score (nSPS) is 16.3. The van der Waals surface area contributed by atoms with E-state index in [0.29, 0.717) is 56.7 Å². The summed E-state index contributed by atoms with van der Waals surface area (Å²) in [5, 5.41) is 20.8. The number of nitrogens with one attached hydrogen (secondary N) is 2. The molecule has 0 unspecified atom stereocenters. The number of hydrogen-bond donors (Lipinski definition) is 3. The fourth-order valence-electron chi connectivity index (χ4n) is 14.7. The number of carbonyl (C=O) groups is 3. The molecule has 6 heterocycles. The summed E-state index contributed by atoms with van der Waals surface area (Å²) in [5.74, 6) is -1.95. The van der Waals surface area contributed by atoms with Gasteiger partial charge in [0.05, 0.1) is 74.1 Å². The molecule has 678 valence electrons. The van der Waals surface area contributed by atoms with E-state index in [0.717, 1.165) is 93.6 Å². The topological polar surface area (TPSA) is 240 Å². The van der Waals surface area contributed by atoms with Crippen LogP contribution in [-0.2, 0) is 58.4 Å². The number of likely N-dealkylation sites (tertiary alicyclic amines) is 2. The molecule has 0 bridgehead atoms. The average molecular weight is 1770 g/mol. The molecule has 0 radical (unpaired) electrons. The van der Waals surface area contributed by atoms with Crippen molar-refractivity contribution in [3.05, 3.63) is 334 Å². The molecular formula is C99H109F8N15O7. The monoisotopic (exact) mass is 1770 g/mol. The Morgan fingerprint density at radius 1 is 0.419 bits per heavy atom. The van der Waals surface area contributed by atoms with Gasteiger partial charge in [0.15, 0.2) is 17.5 Å². The van der Waals surface area contributed by atoms with E-state index in [-0.39, 0.29) is 110 Å². The summed E-state index contributed by atoms with van der Waals surface area (Å²) >= 11 is 0. The Labute approximate surface area is 746 Å². The number of halogens is 8. The van der Waals surface area contributed by atoms with Gasteiger partial charge in [0, 0.05) is 45.8 Å². The van der Waals surface area contributed by atoms with E-state index in [2.05, 4.69) is 51.7 Å². The van der Waals surface area contributed by atoms with Gasteiger partial charge in [-0.25, -0.2) is 78.5 Å². The summed E-state index contributed by atoms with van der Waals surface area (Å²) in [5.41, 5.74) is 12.1. The second kappa shape index (κ2) is 43.8. The first-order valence-electron chi connectivity index (χ1n) is 42.6. The minimum atomic E-state index is -1.24. The van der Waals surface area contributed by atoms with Gasteiger partial charge in [0.25, 0.3) is 0 Å². The third-order valence-corrected chi connectivity index (χ3v) is 22.0. The highest BCUT2D eigenvalue weighted by Gasteiger charge is 2.41. The van der Waals surface area contributed by atoms with Crippen molar-refractivity contribution in [2.24, 2.45) is 27.9 Å². The Balaban J connectivity index is 0.000000164. The lowest BCUT2D eigenvalue weighted by Gasteiger charge is -2.32. The van der Waals surface area contributed by atoms with Crippen LogP contribution >= 0.6 is 0 Å². The van der Waals surface area contributed by atoms with Crippen LogP contribution in [0.2, 0.25) is 0 Å². The first kappa shape index (κ1) is 95.3. The molecule has 0 saturated carbocycles. The van der Waals surface area contributed by atoms with Crippen LogP contribution in [0.4, 0.5) is 49.5 Å². The summed E-state index contributed by atoms with van der Waals surface area (Å²) in [7, 11) is 1.44. The maximum Gasteiger partial charge on any atom is 0.410 e. The molecule has 9 aromatic carbocycles. The molecule has 2 saturated heterocycles. The standard InChI is InChI=1S/C33H36F3N5O2.C33H35F2N5O2.C20H22F2N4.C13H16FNO3/c1-33(2,3)29(37-17-24-19-40(20-28(24)36)32(42)43-21-23-12-8-5-9-13-23)31-38-30(26-16-25(34)14-15-27(26)35)39-41(31)18-22-10-6-4-7-11-22;1-33(2,3)29(36-19-25-16-17-39(20-25)32(41)42-22-24-12-8-5-9-13-24)31-37-30(27-18-26(34)14-15-28(27)35)38-40(31)21-23-10-6-4-7-11-23;1-20(2,3)17(23)19-24-18(15-11-14(21)9-10-16(15)22)25-26(19)12-13-7-5-4-6-8-13;1-17-12-8-15(7-11(12)14)13(16)18-9-10-5-3-2-4-6-10/h4-16,24,28-29,37H,17-21H2,1-3H3;4-16,18,29,36H,17,19-22H2,1-3H3;4-11,17H,12,23H2,1-3H3;2-6,11-12H,7-9H2,1H3/t24-,28+,29+;29-;17-;11-,12+/m1000/s1. The number of alkyl halides is 2. The highest BCUT2D eigenvalue weighted by Crippen LogP contribution is 2.38. The molecule has 3 aromatic heterocycles. The second-order valence-electron chi connectivity index (χ2n) is 35.2. The molecular weight excluding hydrogens is 1660 g/mol. The van der Waals surface area contributed by atoms with Gasteiger partial charge in [-0.2, -0.15) is 15.3 Å². The number of rotatable bonds is 25. The van der Waals surface area contributed by atoms with Crippen LogP contribution in [0.3, 0.4) is 0 Å². The van der Waals surface area contributed by atoms with Gasteiger partial charge in [-0.3, -0.25) is 0 Å². The first-order chi connectivity index (χ1) is 61.7. The lowest BCUT2D eigenvalue weighted by Crippen LogP contribution is -2.39. The Kier molecular flexibility index (Phi) is 32.4. The largest absolute Gasteiger partial charge is 0.445 e. The number of carbonyl (C=O) groups excluding carboxylic acids is 3. The molecule has 12 aromatic rings. The molecule has 22 nitrogen and oxygen atoms in total. The van der Waals surface area contributed by atoms with Gasteiger partial charge in [-0.15, -0.1) is 0 Å². The summed E-state index contributed by atoms with van der Waals surface area (Å²) in [6.07, 6.45) is -2.31. The molecule has 2 fully saturated rings. The van der Waals surface area contributed by atoms with E-state index in [4.69, 9.17) is 34.6 Å². The zero-order valence-electron chi connectivity index (χ0n) is 73.9. The van der Waals surface area contributed by atoms with E-state index in [1.165, 1.54) is 16.9 Å². The van der Waals surface area contributed by atoms with Crippen molar-refractivity contribution in [3.8, 4) is 34.2 Å². The molecule has 7 atom stereocenters. The molecule has 3 aliphatic heterocycles. The third kappa shape index (κ3) is 26.5. The number of nitrogens with two attached hydrogens (primary N) is 1. The predicted molar refractivity (Wildman–Crippen MR) is 476 cm³/mol. The van der Waals surface area contributed by atoms with Crippen LogP contribution in [0, 0.1) is 57.1 Å². The molecule has 4 N–H and O–H groups in total. The molecule has 15 rings (SSSR count). The summed E-state index contributed by atoms with van der Waals surface area (Å²) in [4.78, 5) is 55.4. The van der Waals surface area contributed by atoms with Gasteiger partial charge in [-0.05, 0) is 110 Å². The quantitative estimate of drug-likeness (QED) is 0.0274. The summed E-state index contributed by atoms with van der Waals surface area (Å²) < 4.78 is 140. The van der Waals surface area contributed by atoms with Gasteiger partial charge < -0.3 is 50.0 Å². The highest BCUT2D eigenvalue weighted by atomic mass is 19.2. The maximum absolute atomic E-state index is 15.2. The highest BCUT2D eigenvalue weighted by molar-refractivity contribution is 5.70. The van der Waals surface area contributed by atoms with E-state index in [1.54, 1.807) is 18.9 Å². The van der Waals surface area contributed by atoms with Gasteiger partial charge >= 0.3 is 18.3 Å². The fraction of sp³-hybridized carbons (Fsp3) is 0.343. The number of amides is 3. The molecule has 129 heavy (non-hydrogen) atoms. The number of ether oxygens (including phenoxy) is 4. The van der Waals surface area contributed by atoms with E-state index in [9.17, 15) is 45.1 Å². The summed E-state index contributed by atoms with van der Waals surface area (Å²) in [6, 6.07) is 66.1. The molecule has 3 aliphatic rings. The van der Waals surface area contributed by atoms with Crippen LogP contribution in [0.1, 0.15) is 131 Å². The van der Waals surface area contributed by atoms with Crippen molar-refractivity contribution in [2.45, 2.75) is 138 Å². The number of nitrogens with zero attached hydrogens (tertiary/aromatic N) is 12. The number of aromatic nitrogens is 9. The van der Waals surface area contributed by atoms with Crippen LogP contribution in [0.25, 0.3) is 34.2 Å². The van der Waals surface area contributed by atoms with Crippen molar-refractivity contribution < 1.29 is 68.5 Å². The van der Waals surface area contributed by atoms with Gasteiger partial charge in [0.2, 0.25) is 0 Å². The van der Waals surface area contributed by atoms with E-state index >= 15 is 4.39 Å². The third-order valence-electron chi connectivity index (χ3n) is 22.0. The second-order valence-corrected chi connectivity index (χ2v) is 35.2. The van der Waals surface area contributed by atoms with E-state index < -0.39 is 89.0 Å². The maximum atomic E-state index is 15.2. The SMILES string of the molecule is CC(C)(C)[C@@H](N)c1nc(-c2cc(F)ccc2F)nn1Cc1ccccc1.CC(C)(C)[C@@H](NCC1=CCN(C(=O)OCc2ccccc2)C1)c1nc(-c2cc(F)ccc2F)nn1Cc1ccccc1.CC(C)(C)[C@@H](NC[C@@H]1CN(C(=O)OCc2ccccc2)C[C@@H]1F)c1nc(-c2cc(F)ccc2F)nn1Cc1ccccc1.CO[C@@H]1CN(C(=O)OCc2ccccc2)C[C@@H]1F.